The predicted molar refractivity (Wildman–Crippen MR) is 105 cm³/mol. The third-order valence-corrected chi connectivity index (χ3v) is 4.45. The summed E-state index contributed by atoms with van der Waals surface area (Å²) in [7, 11) is 1.54. The Morgan fingerprint density at radius 1 is 1.29 bits per heavy atom. The van der Waals surface area contributed by atoms with E-state index >= 15 is 0 Å². The van der Waals surface area contributed by atoms with Crippen molar-refractivity contribution in [1.82, 2.24) is 9.99 Å². The van der Waals surface area contributed by atoms with Crippen molar-refractivity contribution >= 4 is 33.5 Å². The Balaban J connectivity index is 2.08. The number of nitrogens with two attached hydrogens (primary N) is 2. The molecule has 0 aliphatic carbocycles. The lowest BCUT2D eigenvalue weighted by Crippen LogP contribution is -2.31. The van der Waals surface area contributed by atoms with Gasteiger partial charge in [0.05, 0.1) is 27.7 Å². The maximum absolute atomic E-state index is 11.9. The Morgan fingerprint density at radius 3 is 2.46 bits per heavy atom. The molecule has 0 saturated heterocycles. The second kappa shape index (κ2) is 9.15. The zero-order chi connectivity index (χ0) is 20.8. The van der Waals surface area contributed by atoms with Crippen molar-refractivity contribution in [2.45, 2.75) is 6.92 Å². The normalized spacial score (nSPS) is 11.4. The molecule has 11 heteroatoms. The topological polar surface area (TPSA) is 147 Å². The van der Waals surface area contributed by atoms with Gasteiger partial charge in [0.1, 0.15) is 12.4 Å². The molecule has 0 amide bonds. The minimum Gasteiger partial charge on any atom is -0.427 e. The quantitative estimate of drug-likeness (QED) is 0.222. The second-order valence-electron chi connectivity index (χ2n) is 5.63. The molecule has 0 unspecified atom stereocenters. The fourth-order valence-corrected chi connectivity index (χ4v) is 2.32. The van der Waals surface area contributed by atoms with Gasteiger partial charge in [-0.3, -0.25) is 15.1 Å². The summed E-state index contributed by atoms with van der Waals surface area (Å²) in [6.07, 6.45) is -1.01. The largest absolute Gasteiger partial charge is 0.514 e. The lowest BCUT2D eigenvalue weighted by Gasteiger charge is -2.19. The van der Waals surface area contributed by atoms with Crippen molar-refractivity contribution in [3.63, 3.8) is 0 Å². The number of likely N-dealkylation sites (N-methyl/N-ethyl adjacent to an activating group) is 1. The van der Waals surface area contributed by atoms with E-state index in [2.05, 4.69) is 20.9 Å². The zero-order valence-electron chi connectivity index (χ0n) is 15.1. The SMILES string of the molecule is Cc1nc(/C(N)=C(\COC(=O)Oc2ccc([N+](=O)[O-])cc2)N(C)N)ccc1Br. The Morgan fingerprint density at radius 2 is 1.93 bits per heavy atom. The molecule has 0 spiro atoms. The summed E-state index contributed by atoms with van der Waals surface area (Å²) in [5.74, 6) is 5.89. The number of aromatic nitrogens is 1. The van der Waals surface area contributed by atoms with Crippen LogP contribution < -0.4 is 16.3 Å². The number of nitro groups is 1. The fourth-order valence-electron chi connectivity index (χ4n) is 2.10. The second-order valence-corrected chi connectivity index (χ2v) is 6.48. The molecule has 28 heavy (non-hydrogen) atoms. The van der Waals surface area contributed by atoms with Crippen LogP contribution in [0.5, 0.6) is 5.75 Å². The molecule has 10 nitrogen and oxygen atoms in total. The summed E-state index contributed by atoms with van der Waals surface area (Å²) in [6.45, 7) is 1.55. The molecule has 1 heterocycles. The summed E-state index contributed by atoms with van der Waals surface area (Å²) in [5.41, 5.74) is 7.76. The lowest BCUT2D eigenvalue weighted by molar-refractivity contribution is -0.384. The number of hydrogen-bond donors (Lipinski definition) is 2. The number of hydrazine groups is 1. The van der Waals surface area contributed by atoms with Gasteiger partial charge in [0, 0.05) is 23.7 Å². The molecule has 0 aliphatic heterocycles. The van der Waals surface area contributed by atoms with Gasteiger partial charge in [-0.2, -0.15) is 0 Å². The molecule has 1 aromatic carbocycles. The summed E-state index contributed by atoms with van der Waals surface area (Å²) in [5, 5.41) is 11.8. The molecular weight excluding hydrogens is 434 g/mol. The van der Waals surface area contributed by atoms with Crippen molar-refractivity contribution in [3.05, 3.63) is 68.1 Å². The highest BCUT2D eigenvalue weighted by molar-refractivity contribution is 9.10. The van der Waals surface area contributed by atoms with E-state index in [1.165, 1.54) is 29.3 Å². The first-order chi connectivity index (χ1) is 13.2. The Hall–Kier alpha value is -3.18. The zero-order valence-corrected chi connectivity index (χ0v) is 16.7. The van der Waals surface area contributed by atoms with E-state index in [1.54, 1.807) is 19.2 Å². The standard InChI is InChI=1S/C17H18BrN5O5/c1-10-13(18)7-8-14(21-10)16(19)15(22(2)20)9-27-17(24)28-12-5-3-11(4-6-12)23(25)26/h3-8H,9,19-20H2,1-2H3/b16-15-. The summed E-state index contributed by atoms with van der Waals surface area (Å²) < 4.78 is 10.9. The van der Waals surface area contributed by atoms with Gasteiger partial charge < -0.3 is 20.2 Å². The highest BCUT2D eigenvalue weighted by atomic mass is 79.9. The van der Waals surface area contributed by atoms with Crippen molar-refractivity contribution in [1.29, 1.82) is 0 Å². The molecule has 0 atom stereocenters. The van der Waals surface area contributed by atoms with Crippen LogP contribution in [0.1, 0.15) is 11.4 Å². The minimum absolute atomic E-state index is 0.0976. The molecule has 0 bridgehead atoms. The number of pyridine rings is 1. The first-order valence-electron chi connectivity index (χ1n) is 7.88. The third-order valence-electron chi connectivity index (χ3n) is 3.61. The van der Waals surface area contributed by atoms with Gasteiger partial charge in [0.25, 0.3) is 5.69 Å². The maximum Gasteiger partial charge on any atom is 0.514 e. The molecule has 2 aromatic rings. The number of carbonyl (C=O) groups is 1. The summed E-state index contributed by atoms with van der Waals surface area (Å²) in [6, 6.07) is 8.48. The molecule has 2 rings (SSSR count). The maximum atomic E-state index is 11.9. The third kappa shape index (κ3) is 5.41. The number of rotatable bonds is 6. The monoisotopic (exact) mass is 451 g/mol. The van der Waals surface area contributed by atoms with Crippen LogP contribution in [-0.4, -0.2) is 34.7 Å². The number of halogens is 1. The first kappa shape index (κ1) is 21.1. The molecule has 148 valence electrons. The molecule has 0 saturated carbocycles. The number of benzene rings is 1. The molecule has 0 aliphatic rings. The van der Waals surface area contributed by atoms with Crippen molar-refractivity contribution in [2.24, 2.45) is 11.6 Å². The van der Waals surface area contributed by atoms with Crippen LogP contribution in [0.15, 0.2) is 46.6 Å². The van der Waals surface area contributed by atoms with E-state index < -0.39 is 11.1 Å². The minimum atomic E-state index is -1.01. The van der Waals surface area contributed by atoms with Gasteiger partial charge in [-0.05, 0) is 47.1 Å². The van der Waals surface area contributed by atoms with Crippen LogP contribution in [0.3, 0.4) is 0 Å². The van der Waals surface area contributed by atoms with E-state index in [-0.39, 0.29) is 23.7 Å². The molecule has 1 aromatic heterocycles. The summed E-state index contributed by atoms with van der Waals surface area (Å²) >= 11 is 3.36. The van der Waals surface area contributed by atoms with Crippen molar-refractivity contribution < 1.29 is 19.2 Å². The Labute approximate surface area is 169 Å². The van der Waals surface area contributed by atoms with Gasteiger partial charge in [0.15, 0.2) is 0 Å². The van der Waals surface area contributed by atoms with E-state index in [4.69, 9.17) is 21.1 Å². The average molecular weight is 452 g/mol. The highest BCUT2D eigenvalue weighted by Crippen LogP contribution is 2.20. The van der Waals surface area contributed by atoms with Crippen LogP contribution in [0.4, 0.5) is 10.5 Å². The van der Waals surface area contributed by atoms with E-state index in [9.17, 15) is 14.9 Å². The first-order valence-corrected chi connectivity index (χ1v) is 8.68. The van der Waals surface area contributed by atoms with E-state index in [0.717, 1.165) is 10.2 Å². The van der Waals surface area contributed by atoms with Gasteiger partial charge in [-0.15, -0.1) is 0 Å². The Kier molecular flexibility index (Phi) is 6.90. The van der Waals surface area contributed by atoms with Crippen molar-refractivity contribution in [3.8, 4) is 5.75 Å². The van der Waals surface area contributed by atoms with Gasteiger partial charge >= 0.3 is 6.16 Å². The number of aryl methyl sites for hydroxylation is 1. The van der Waals surface area contributed by atoms with E-state index in [0.29, 0.717) is 11.4 Å². The number of carbonyl (C=O) groups excluding carboxylic acids is 1. The number of ether oxygens (including phenoxy) is 2. The number of nitro benzene ring substituents is 1. The number of hydrogen-bond acceptors (Lipinski definition) is 9. The smallest absolute Gasteiger partial charge is 0.427 e. The molecule has 0 radical (unpaired) electrons. The van der Waals surface area contributed by atoms with Crippen LogP contribution in [-0.2, 0) is 4.74 Å². The number of nitrogens with zero attached hydrogens (tertiary/aromatic N) is 3. The average Bonchev–Trinajstić information content (AvgIpc) is 2.64. The van der Waals surface area contributed by atoms with Crippen LogP contribution in [0.25, 0.3) is 5.70 Å². The van der Waals surface area contributed by atoms with E-state index in [1.807, 2.05) is 6.92 Å². The Bertz CT molecular complexity index is 915. The van der Waals surface area contributed by atoms with Crippen LogP contribution >= 0.6 is 15.9 Å². The van der Waals surface area contributed by atoms with Crippen molar-refractivity contribution in [2.75, 3.05) is 13.7 Å². The van der Waals surface area contributed by atoms with Gasteiger partial charge in [-0.1, -0.05) is 0 Å². The molecular formula is C17H18BrN5O5. The molecule has 0 fully saturated rings. The lowest BCUT2D eigenvalue weighted by atomic mass is 10.2. The summed E-state index contributed by atoms with van der Waals surface area (Å²) in [4.78, 5) is 26.3. The van der Waals surface area contributed by atoms with Gasteiger partial charge in [0.2, 0.25) is 0 Å². The van der Waals surface area contributed by atoms with Crippen LogP contribution in [0, 0.1) is 17.0 Å². The molecule has 4 N–H and O–H groups in total. The predicted octanol–water partition coefficient (Wildman–Crippen LogP) is 2.71. The van der Waals surface area contributed by atoms with Gasteiger partial charge in [-0.25, -0.2) is 10.6 Å². The van der Waals surface area contributed by atoms with Crippen LogP contribution in [0.2, 0.25) is 0 Å². The number of non-ortho nitro benzene ring substituents is 1. The highest BCUT2D eigenvalue weighted by Gasteiger charge is 2.15. The fraction of sp³-hybridized carbons (Fsp3) is 0.176.